The van der Waals surface area contributed by atoms with Crippen LogP contribution in [-0.4, -0.2) is 18.0 Å². The highest BCUT2D eigenvalue weighted by Crippen LogP contribution is 2.36. The Labute approximate surface area is 90.8 Å². The second-order valence-electron chi connectivity index (χ2n) is 4.92. The third kappa shape index (κ3) is 4.18. The molecule has 0 amide bonds. The lowest BCUT2D eigenvalue weighted by Crippen LogP contribution is -2.28. The van der Waals surface area contributed by atoms with Gasteiger partial charge < -0.3 is 17.2 Å². The van der Waals surface area contributed by atoms with Crippen molar-refractivity contribution in [1.29, 1.82) is 0 Å². The molecule has 0 aromatic heterocycles. The molecule has 5 heteroatoms. The first kappa shape index (κ1) is 11.8. The topological polar surface area (TPSA) is 103 Å². The van der Waals surface area contributed by atoms with E-state index in [4.69, 9.17) is 17.2 Å². The normalized spacial score (nSPS) is 22.4. The van der Waals surface area contributed by atoms with Gasteiger partial charge in [0.25, 0.3) is 0 Å². The average Bonchev–Trinajstić information content (AvgIpc) is 2.07. The number of hydrogen-bond donors (Lipinski definition) is 3. The van der Waals surface area contributed by atoms with Crippen molar-refractivity contribution in [2.75, 3.05) is 0 Å². The largest absolute Gasteiger partial charge is 0.370 e. The van der Waals surface area contributed by atoms with Crippen LogP contribution >= 0.6 is 0 Å². The molecule has 0 aromatic rings. The molecule has 0 saturated heterocycles. The summed E-state index contributed by atoms with van der Waals surface area (Å²) in [5.41, 5.74) is 16.4. The van der Waals surface area contributed by atoms with Gasteiger partial charge in [-0.2, -0.15) is 4.99 Å². The molecule has 1 aliphatic rings. The Kier molecular flexibility index (Phi) is 3.55. The molecule has 0 bridgehead atoms. The Morgan fingerprint density at radius 3 is 2.13 bits per heavy atom. The fraction of sp³-hybridized carbons (Fsp3) is 0.800. The zero-order valence-corrected chi connectivity index (χ0v) is 9.53. The summed E-state index contributed by atoms with van der Waals surface area (Å²) in [5.74, 6) is 0.159. The van der Waals surface area contributed by atoms with E-state index in [1.165, 1.54) is 12.8 Å². The molecule has 6 N–H and O–H groups in total. The van der Waals surface area contributed by atoms with Crippen molar-refractivity contribution in [3.63, 3.8) is 0 Å². The predicted octanol–water partition coefficient (Wildman–Crippen LogP) is 0.543. The van der Waals surface area contributed by atoms with Gasteiger partial charge in [0.2, 0.25) is 5.96 Å². The molecule has 0 aliphatic heterocycles. The maximum Gasteiger partial charge on any atom is 0.218 e. The van der Waals surface area contributed by atoms with Crippen molar-refractivity contribution < 1.29 is 0 Å². The van der Waals surface area contributed by atoms with E-state index in [0.717, 1.165) is 12.8 Å². The van der Waals surface area contributed by atoms with Crippen LogP contribution in [0, 0.1) is 5.41 Å². The first-order chi connectivity index (χ1) is 6.89. The summed E-state index contributed by atoms with van der Waals surface area (Å²) in [5, 5.41) is 0. The first-order valence-corrected chi connectivity index (χ1v) is 5.32. The summed E-state index contributed by atoms with van der Waals surface area (Å²) in [6, 6.07) is 0.279. The molecule has 1 aliphatic carbocycles. The minimum atomic E-state index is -0.0348. The average molecular weight is 211 g/mol. The van der Waals surface area contributed by atoms with Gasteiger partial charge in [-0.15, -0.1) is 0 Å². The minimum absolute atomic E-state index is 0.0348. The maximum absolute atomic E-state index is 5.58. The number of nitrogens with two attached hydrogens (primary N) is 3. The molecule has 1 saturated carbocycles. The maximum atomic E-state index is 5.58. The van der Waals surface area contributed by atoms with Crippen LogP contribution in [0.15, 0.2) is 9.98 Å². The summed E-state index contributed by atoms with van der Waals surface area (Å²) in [6.07, 6.45) is 4.48. The Morgan fingerprint density at radius 1 is 1.13 bits per heavy atom. The second kappa shape index (κ2) is 4.51. The molecule has 0 aromatic carbocycles. The first-order valence-electron chi connectivity index (χ1n) is 5.32. The van der Waals surface area contributed by atoms with Crippen LogP contribution in [0.25, 0.3) is 0 Å². The van der Waals surface area contributed by atoms with E-state index in [1.54, 1.807) is 0 Å². The van der Waals surface area contributed by atoms with E-state index in [-0.39, 0.29) is 18.0 Å². The van der Waals surface area contributed by atoms with Gasteiger partial charge >= 0.3 is 0 Å². The van der Waals surface area contributed by atoms with E-state index in [2.05, 4.69) is 23.8 Å². The van der Waals surface area contributed by atoms with Gasteiger partial charge in [0, 0.05) is 0 Å². The summed E-state index contributed by atoms with van der Waals surface area (Å²) in [7, 11) is 0. The summed E-state index contributed by atoms with van der Waals surface area (Å²) < 4.78 is 0. The number of rotatable bonds is 1. The molecule has 1 rings (SSSR count). The van der Waals surface area contributed by atoms with Crippen LogP contribution in [0.1, 0.15) is 39.5 Å². The number of aliphatic imine (C=N–C) groups is 2. The molecular weight excluding hydrogens is 190 g/mol. The highest BCUT2D eigenvalue weighted by Gasteiger charge is 2.26. The number of hydrogen-bond acceptors (Lipinski definition) is 1. The van der Waals surface area contributed by atoms with Gasteiger partial charge in [0.1, 0.15) is 0 Å². The lowest BCUT2D eigenvalue weighted by molar-refractivity contribution is 0.226. The highest BCUT2D eigenvalue weighted by molar-refractivity contribution is 5.92. The lowest BCUT2D eigenvalue weighted by Gasteiger charge is -2.32. The van der Waals surface area contributed by atoms with Crippen LogP contribution < -0.4 is 17.2 Å². The SMILES string of the molecule is CC1(C)CCC(N=C(N)N=C(N)N)CC1. The van der Waals surface area contributed by atoms with E-state index in [0.29, 0.717) is 5.41 Å². The van der Waals surface area contributed by atoms with Crippen molar-refractivity contribution in [2.24, 2.45) is 32.6 Å². The Hall–Kier alpha value is -1.26. The molecule has 15 heavy (non-hydrogen) atoms. The van der Waals surface area contributed by atoms with E-state index >= 15 is 0 Å². The zero-order chi connectivity index (χ0) is 11.5. The Balaban J connectivity index is 2.51. The van der Waals surface area contributed by atoms with Crippen LogP contribution in [0.2, 0.25) is 0 Å². The third-order valence-electron chi connectivity index (χ3n) is 2.87. The highest BCUT2D eigenvalue weighted by atomic mass is 15.1. The van der Waals surface area contributed by atoms with E-state index < -0.39 is 0 Å². The van der Waals surface area contributed by atoms with Gasteiger partial charge in [-0.25, -0.2) is 4.99 Å². The smallest absolute Gasteiger partial charge is 0.218 e. The summed E-state index contributed by atoms with van der Waals surface area (Å²) in [6.45, 7) is 4.57. The monoisotopic (exact) mass is 211 g/mol. The van der Waals surface area contributed by atoms with Crippen molar-refractivity contribution >= 4 is 11.9 Å². The van der Waals surface area contributed by atoms with E-state index in [1.807, 2.05) is 0 Å². The molecule has 0 atom stereocenters. The fourth-order valence-electron chi connectivity index (χ4n) is 1.86. The van der Waals surface area contributed by atoms with Gasteiger partial charge in [-0.1, -0.05) is 13.8 Å². The summed E-state index contributed by atoms with van der Waals surface area (Å²) >= 11 is 0. The minimum Gasteiger partial charge on any atom is -0.370 e. The predicted molar refractivity (Wildman–Crippen MR) is 63.5 cm³/mol. The van der Waals surface area contributed by atoms with Crippen molar-refractivity contribution in [3.05, 3.63) is 0 Å². The van der Waals surface area contributed by atoms with Crippen molar-refractivity contribution in [3.8, 4) is 0 Å². The molecule has 5 nitrogen and oxygen atoms in total. The van der Waals surface area contributed by atoms with E-state index in [9.17, 15) is 0 Å². The zero-order valence-electron chi connectivity index (χ0n) is 9.53. The quantitative estimate of drug-likeness (QED) is 0.435. The van der Waals surface area contributed by atoms with Crippen LogP contribution in [-0.2, 0) is 0 Å². The second-order valence-corrected chi connectivity index (χ2v) is 4.92. The molecule has 0 heterocycles. The number of guanidine groups is 2. The molecule has 86 valence electrons. The number of nitrogens with zero attached hydrogens (tertiary/aromatic N) is 2. The van der Waals surface area contributed by atoms with Gasteiger partial charge in [0.15, 0.2) is 5.96 Å². The van der Waals surface area contributed by atoms with Crippen LogP contribution in [0.4, 0.5) is 0 Å². The Morgan fingerprint density at radius 2 is 1.67 bits per heavy atom. The summed E-state index contributed by atoms with van der Waals surface area (Å²) in [4.78, 5) is 8.00. The van der Waals surface area contributed by atoms with Crippen molar-refractivity contribution in [2.45, 2.75) is 45.6 Å². The lowest BCUT2D eigenvalue weighted by atomic mass is 9.76. The van der Waals surface area contributed by atoms with Crippen molar-refractivity contribution in [1.82, 2.24) is 0 Å². The van der Waals surface area contributed by atoms with Crippen LogP contribution in [0.5, 0.6) is 0 Å². The molecule has 0 spiro atoms. The third-order valence-corrected chi connectivity index (χ3v) is 2.87. The Bertz CT molecular complexity index is 266. The molecular formula is C10H21N5. The molecule has 0 unspecified atom stereocenters. The van der Waals surface area contributed by atoms with Gasteiger partial charge in [-0.3, -0.25) is 0 Å². The molecule has 0 radical (unpaired) electrons. The van der Waals surface area contributed by atoms with Gasteiger partial charge in [-0.05, 0) is 31.1 Å². The fourth-order valence-corrected chi connectivity index (χ4v) is 1.86. The molecule has 1 fully saturated rings. The standard InChI is InChI=1S/C10H21N5/c1-10(2)5-3-7(4-6-10)14-9(13)15-8(11)12/h7H,3-6H2,1-2H3,(H6,11,12,13,14,15). The van der Waals surface area contributed by atoms with Gasteiger partial charge in [0.05, 0.1) is 6.04 Å². The van der Waals surface area contributed by atoms with Crippen LogP contribution in [0.3, 0.4) is 0 Å².